The molecule has 36 heavy (non-hydrogen) atoms. The average molecular weight is 507 g/mol. The third kappa shape index (κ3) is 4.73. The van der Waals surface area contributed by atoms with Crippen molar-refractivity contribution < 1.29 is 4.74 Å². The molecule has 3 heteroatoms. The Kier molecular flexibility index (Phi) is 7.05. The van der Waals surface area contributed by atoms with Gasteiger partial charge in [0.15, 0.2) is 0 Å². The number of para-hydroxylation sites is 1. The topological polar surface area (TPSA) is 9.23 Å². The first-order valence-corrected chi connectivity index (χ1v) is 15.4. The summed E-state index contributed by atoms with van der Waals surface area (Å²) in [4.78, 5) is 0. The summed E-state index contributed by atoms with van der Waals surface area (Å²) in [6.45, 7) is 0. The number of halogens is 1. The third-order valence-corrected chi connectivity index (χ3v) is 13.7. The average Bonchev–Trinajstić information content (AvgIpc) is 2.95. The summed E-state index contributed by atoms with van der Waals surface area (Å²) in [7, 11) is 0. The van der Waals surface area contributed by atoms with Crippen LogP contribution in [-0.4, -0.2) is 6.16 Å². The van der Waals surface area contributed by atoms with Crippen molar-refractivity contribution in [1.82, 2.24) is 0 Å². The van der Waals surface area contributed by atoms with E-state index in [4.69, 9.17) is 16.0 Å². The number of hydrogen-bond acceptors (Lipinski definition) is 1. The van der Waals surface area contributed by atoms with Gasteiger partial charge in [-0.3, -0.25) is 0 Å². The molecule has 0 saturated heterocycles. The Morgan fingerprint density at radius 2 is 0.972 bits per heavy atom. The fourth-order valence-electron chi connectivity index (χ4n) is 4.67. The van der Waals surface area contributed by atoms with Crippen LogP contribution in [0.5, 0.6) is 11.5 Å². The molecule has 0 bridgehead atoms. The second kappa shape index (κ2) is 10.5. The van der Waals surface area contributed by atoms with E-state index in [1.807, 2.05) is 60.7 Å². The van der Waals surface area contributed by atoms with Crippen molar-refractivity contribution in [3.05, 3.63) is 157 Å². The van der Waals surface area contributed by atoms with Crippen molar-refractivity contribution in [1.29, 1.82) is 0 Å². The molecule has 0 unspecified atom stereocenters. The second-order valence-electron chi connectivity index (χ2n) is 8.76. The number of allylic oxidation sites excluding steroid dienone is 1. The van der Waals surface area contributed by atoms with E-state index in [-0.39, 0.29) is 0 Å². The van der Waals surface area contributed by atoms with Crippen molar-refractivity contribution >= 4 is 39.2 Å². The van der Waals surface area contributed by atoms with E-state index in [0.717, 1.165) is 33.0 Å². The molecule has 0 aromatic heterocycles. The first-order chi connectivity index (χ1) is 17.7. The number of rotatable bonds is 8. The molecule has 0 heterocycles. The van der Waals surface area contributed by atoms with E-state index in [0.29, 0.717) is 6.16 Å². The summed E-state index contributed by atoms with van der Waals surface area (Å²) < 4.78 is 6.04. The Labute approximate surface area is 218 Å². The SMILES string of the molecule is ClP(C/C=C/c1cccc(Oc2ccccc2)c1)(c1ccccc1)(c1ccccc1)c1ccccc1. The van der Waals surface area contributed by atoms with Crippen molar-refractivity contribution in [2.24, 2.45) is 0 Å². The molecule has 0 atom stereocenters. The van der Waals surface area contributed by atoms with Crippen LogP contribution in [0.3, 0.4) is 0 Å². The molecule has 1 nitrogen and oxygen atoms in total. The Hall–Kier alpha value is -3.64. The molecular weight excluding hydrogens is 479 g/mol. The number of ether oxygens (including phenoxy) is 1. The Balaban J connectivity index is 1.56. The molecule has 178 valence electrons. The molecule has 0 aliphatic rings. The summed E-state index contributed by atoms with van der Waals surface area (Å²) >= 11 is 8.13. The van der Waals surface area contributed by atoms with E-state index in [9.17, 15) is 0 Å². The zero-order chi connectivity index (χ0) is 24.7. The zero-order valence-corrected chi connectivity index (χ0v) is 21.6. The standard InChI is InChI=1S/C33H28ClOP/c34-36(31-20-7-2-8-21-31,32-22-9-3-10-23-32,33-24-11-4-12-25-33)26-14-16-28-15-13-19-30(27-28)35-29-17-5-1-6-18-29/h1-25,27H,26H2/b16-14+. The maximum absolute atomic E-state index is 8.13. The molecule has 5 aromatic carbocycles. The summed E-state index contributed by atoms with van der Waals surface area (Å²) in [5.74, 6) is -1.69. The van der Waals surface area contributed by atoms with E-state index < -0.39 is 5.96 Å². The van der Waals surface area contributed by atoms with E-state index in [1.165, 1.54) is 0 Å². The van der Waals surface area contributed by atoms with Crippen molar-refractivity contribution in [3.8, 4) is 11.5 Å². The van der Waals surface area contributed by atoms with E-state index in [1.54, 1.807) is 0 Å². The van der Waals surface area contributed by atoms with Gasteiger partial charge in [-0.25, -0.2) is 0 Å². The van der Waals surface area contributed by atoms with Gasteiger partial charge in [-0.2, -0.15) is 0 Å². The van der Waals surface area contributed by atoms with Crippen molar-refractivity contribution in [2.75, 3.05) is 6.16 Å². The van der Waals surface area contributed by atoms with Crippen LogP contribution >= 0.6 is 17.2 Å². The predicted molar refractivity (Wildman–Crippen MR) is 158 cm³/mol. The van der Waals surface area contributed by atoms with Gasteiger partial charge < -0.3 is 0 Å². The van der Waals surface area contributed by atoms with Gasteiger partial charge in [0.1, 0.15) is 0 Å². The number of hydrogen-bond donors (Lipinski definition) is 0. The molecule has 0 spiro atoms. The van der Waals surface area contributed by atoms with Gasteiger partial charge in [0, 0.05) is 0 Å². The molecule has 0 saturated carbocycles. The van der Waals surface area contributed by atoms with Crippen LogP contribution in [-0.2, 0) is 0 Å². The van der Waals surface area contributed by atoms with Gasteiger partial charge in [0.05, 0.1) is 0 Å². The van der Waals surface area contributed by atoms with E-state index in [2.05, 4.69) is 97.1 Å². The molecule has 0 radical (unpaired) electrons. The van der Waals surface area contributed by atoms with Gasteiger partial charge in [0.25, 0.3) is 0 Å². The molecule has 0 aliphatic heterocycles. The van der Waals surface area contributed by atoms with Crippen LogP contribution in [0.1, 0.15) is 5.56 Å². The normalized spacial score (nSPS) is 12.6. The number of benzene rings is 5. The zero-order valence-electron chi connectivity index (χ0n) is 20.0. The quantitative estimate of drug-likeness (QED) is 0.193. The molecule has 0 amide bonds. The molecule has 0 fully saturated rings. The van der Waals surface area contributed by atoms with Gasteiger partial charge in [-0.05, 0) is 0 Å². The Morgan fingerprint density at radius 1 is 0.528 bits per heavy atom. The summed E-state index contributed by atoms with van der Waals surface area (Å²) in [5, 5.41) is 3.48. The molecule has 5 aromatic rings. The van der Waals surface area contributed by atoms with Gasteiger partial charge in [-0.1, -0.05) is 0 Å². The first kappa shape index (κ1) is 24.1. The first-order valence-electron chi connectivity index (χ1n) is 12.1. The molecule has 0 N–H and O–H groups in total. The van der Waals surface area contributed by atoms with Crippen molar-refractivity contribution in [2.45, 2.75) is 0 Å². The van der Waals surface area contributed by atoms with Crippen LogP contribution < -0.4 is 20.7 Å². The van der Waals surface area contributed by atoms with Crippen molar-refractivity contribution in [3.63, 3.8) is 0 Å². The fraction of sp³-hybridized carbons (Fsp3) is 0.0303. The maximum atomic E-state index is 8.13. The third-order valence-electron chi connectivity index (χ3n) is 6.48. The van der Waals surface area contributed by atoms with Gasteiger partial charge in [-0.15, -0.1) is 0 Å². The molecular formula is C33H28ClOP. The van der Waals surface area contributed by atoms with E-state index >= 15 is 0 Å². The van der Waals surface area contributed by atoms with Crippen LogP contribution in [0, 0.1) is 0 Å². The summed E-state index contributed by atoms with van der Waals surface area (Å²) in [6, 6.07) is 49.7. The monoisotopic (exact) mass is 506 g/mol. The Morgan fingerprint density at radius 3 is 1.47 bits per heavy atom. The van der Waals surface area contributed by atoms with Crippen LogP contribution in [0.25, 0.3) is 6.08 Å². The van der Waals surface area contributed by atoms with Crippen LogP contribution in [0.15, 0.2) is 152 Å². The minimum atomic E-state index is -3.31. The Bertz CT molecular complexity index is 1340. The molecule has 5 rings (SSSR count). The second-order valence-corrected chi connectivity index (χ2v) is 15.3. The van der Waals surface area contributed by atoms with Crippen LogP contribution in [0.2, 0.25) is 0 Å². The molecule has 0 aliphatic carbocycles. The fourth-order valence-corrected chi connectivity index (χ4v) is 10.3. The van der Waals surface area contributed by atoms with Crippen LogP contribution in [0.4, 0.5) is 0 Å². The summed E-state index contributed by atoms with van der Waals surface area (Å²) in [5.41, 5.74) is 1.07. The minimum absolute atomic E-state index is 0.689. The van der Waals surface area contributed by atoms with Gasteiger partial charge >= 0.3 is 219 Å². The van der Waals surface area contributed by atoms with Gasteiger partial charge in [0.2, 0.25) is 0 Å². The summed E-state index contributed by atoms with van der Waals surface area (Å²) in [6.07, 6.45) is 5.06. The predicted octanol–water partition coefficient (Wildman–Crippen LogP) is 8.18.